The first-order valence-electron chi connectivity index (χ1n) is 6.39. The van der Waals surface area contributed by atoms with Gasteiger partial charge < -0.3 is 20.0 Å². The molecule has 0 bridgehead atoms. The molecule has 116 valence electrons. The van der Waals surface area contributed by atoms with Gasteiger partial charge in [0.2, 0.25) is 0 Å². The van der Waals surface area contributed by atoms with Gasteiger partial charge in [0.05, 0.1) is 5.97 Å². The summed E-state index contributed by atoms with van der Waals surface area (Å²) >= 11 is 8.40. The molecule has 1 aromatic rings. The van der Waals surface area contributed by atoms with Crippen LogP contribution in [0.3, 0.4) is 0 Å². The first-order valence-corrected chi connectivity index (χ1v) is 7.59. The van der Waals surface area contributed by atoms with Crippen LogP contribution in [-0.4, -0.2) is 35.0 Å². The number of thiocarbonyl (C=S) groups is 1. The van der Waals surface area contributed by atoms with Gasteiger partial charge in [-0.25, -0.2) is 0 Å². The second-order valence-electron chi connectivity index (χ2n) is 4.38. The minimum atomic E-state index is -1.32. The molecule has 1 aliphatic heterocycles. The van der Waals surface area contributed by atoms with Crippen molar-refractivity contribution in [3.63, 3.8) is 0 Å². The third-order valence-electron chi connectivity index (χ3n) is 2.90. The Bertz CT molecular complexity index is 675. The molecule has 1 fully saturated rings. The summed E-state index contributed by atoms with van der Waals surface area (Å²) < 4.78 is 5.93. The Morgan fingerprint density at radius 2 is 2.27 bits per heavy atom. The molecule has 1 saturated heterocycles. The smallest absolute Gasteiger partial charge is 0.276 e. The van der Waals surface area contributed by atoms with Crippen LogP contribution in [0.15, 0.2) is 28.4 Å². The number of rotatable bonds is 5. The van der Waals surface area contributed by atoms with Gasteiger partial charge in [-0.2, -0.15) is 0 Å². The van der Waals surface area contributed by atoms with E-state index in [-0.39, 0.29) is 5.91 Å². The number of nitrogens with one attached hydrogen (secondary N) is 1. The first-order chi connectivity index (χ1) is 10.4. The highest BCUT2D eigenvalue weighted by atomic mass is 79.9. The largest absolute Gasteiger partial charge is 0.546 e. The fourth-order valence-corrected chi connectivity index (χ4v) is 2.62. The van der Waals surface area contributed by atoms with E-state index in [2.05, 4.69) is 21.2 Å². The van der Waals surface area contributed by atoms with E-state index in [1.807, 2.05) is 6.92 Å². The van der Waals surface area contributed by atoms with Crippen molar-refractivity contribution in [1.29, 1.82) is 0 Å². The van der Waals surface area contributed by atoms with E-state index >= 15 is 0 Å². The van der Waals surface area contributed by atoms with E-state index < -0.39 is 12.6 Å². The Labute approximate surface area is 140 Å². The lowest BCUT2D eigenvalue weighted by molar-refractivity contribution is -0.307. The second kappa shape index (κ2) is 6.89. The Morgan fingerprint density at radius 1 is 1.55 bits per heavy atom. The predicted molar refractivity (Wildman–Crippen MR) is 85.7 cm³/mol. The van der Waals surface area contributed by atoms with E-state index in [1.54, 1.807) is 24.3 Å². The fourth-order valence-electron chi connectivity index (χ4n) is 1.91. The van der Waals surface area contributed by atoms with Gasteiger partial charge in [-0.1, -0.05) is 15.9 Å². The van der Waals surface area contributed by atoms with E-state index in [4.69, 9.17) is 17.0 Å². The van der Waals surface area contributed by atoms with Crippen LogP contribution >= 0.6 is 28.1 Å². The van der Waals surface area contributed by atoms with Gasteiger partial charge in [0.25, 0.3) is 5.91 Å². The molecule has 0 spiro atoms. The normalized spacial score (nSPS) is 16.1. The number of likely N-dealkylation sites (N-methyl/N-ethyl adjacent to an activating group) is 1. The van der Waals surface area contributed by atoms with Crippen LogP contribution in [-0.2, 0) is 9.59 Å². The zero-order valence-corrected chi connectivity index (χ0v) is 14.0. The van der Waals surface area contributed by atoms with Gasteiger partial charge in [-0.15, -0.1) is 0 Å². The van der Waals surface area contributed by atoms with Crippen LogP contribution in [0.5, 0.6) is 5.75 Å². The molecule has 1 N–H and O–H groups in total. The minimum Gasteiger partial charge on any atom is -0.546 e. The van der Waals surface area contributed by atoms with Crippen molar-refractivity contribution in [2.75, 3.05) is 13.2 Å². The van der Waals surface area contributed by atoms with E-state index in [0.717, 1.165) is 4.47 Å². The molecule has 1 aliphatic rings. The number of hydrogen-bond acceptors (Lipinski definition) is 5. The third-order valence-corrected chi connectivity index (χ3v) is 3.71. The number of carbonyl (C=O) groups excluding carboxylic acids is 2. The maximum absolute atomic E-state index is 12.2. The molecule has 6 nitrogen and oxygen atoms in total. The predicted octanol–water partition coefficient (Wildman–Crippen LogP) is 0.655. The monoisotopic (exact) mass is 383 g/mol. The van der Waals surface area contributed by atoms with Crippen LogP contribution < -0.4 is 15.2 Å². The van der Waals surface area contributed by atoms with Crippen molar-refractivity contribution >= 4 is 51.2 Å². The highest BCUT2D eigenvalue weighted by Crippen LogP contribution is 2.26. The van der Waals surface area contributed by atoms with Crippen molar-refractivity contribution < 1.29 is 19.4 Å². The quantitative estimate of drug-likeness (QED) is 0.593. The van der Waals surface area contributed by atoms with Gasteiger partial charge in [-0.3, -0.25) is 9.69 Å². The first kappa shape index (κ1) is 16.4. The lowest BCUT2D eigenvalue weighted by atomic mass is 10.1. The van der Waals surface area contributed by atoms with Crippen molar-refractivity contribution in [2.45, 2.75) is 6.92 Å². The summed E-state index contributed by atoms with van der Waals surface area (Å²) in [5.74, 6) is -1.23. The lowest BCUT2D eigenvalue weighted by Gasteiger charge is -2.11. The summed E-state index contributed by atoms with van der Waals surface area (Å²) in [5.41, 5.74) is 0.857. The molecule has 1 aromatic carbocycles. The number of carbonyl (C=O) groups is 2. The average Bonchev–Trinajstić information content (AvgIpc) is 2.72. The topological polar surface area (TPSA) is 81.7 Å². The van der Waals surface area contributed by atoms with E-state index in [9.17, 15) is 14.7 Å². The third kappa shape index (κ3) is 3.63. The Morgan fingerprint density at radius 3 is 2.86 bits per heavy atom. The minimum absolute atomic E-state index is 0.238. The maximum atomic E-state index is 12.2. The standard InChI is InChI=1S/C14H13BrN2O4S/c1-2-17-13(20)10(16-14(17)22)6-8-5-9(15)3-4-11(8)21-7-12(18)19/h3-6H,2,7H2,1H3,(H,16,22)(H,18,19)/p-1. The molecule has 2 rings (SSSR count). The van der Waals surface area contributed by atoms with Gasteiger partial charge >= 0.3 is 0 Å². The molecule has 1 amide bonds. The number of nitrogens with zero attached hydrogens (tertiary/aromatic N) is 1. The summed E-state index contributed by atoms with van der Waals surface area (Å²) in [6, 6.07) is 5.03. The van der Waals surface area contributed by atoms with E-state index in [1.165, 1.54) is 4.90 Å². The number of ether oxygens (including phenoxy) is 1. The summed E-state index contributed by atoms with van der Waals surface area (Å²) in [5, 5.41) is 13.7. The number of aliphatic carboxylic acids is 1. The van der Waals surface area contributed by atoms with Gasteiger partial charge in [0.15, 0.2) is 5.11 Å². The van der Waals surface area contributed by atoms with Crippen LogP contribution in [0, 0.1) is 0 Å². The zero-order valence-electron chi connectivity index (χ0n) is 11.6. The maximum Gasteiger partial charge on any atom is 0.276 e. The highest BCUT2D eigenvalue weighted by molar-refractivity contribution is 9.10. The number of amides is 1. The highest BCUT2D eigenvalue weighted by Gasteiger charge is 2.29. The number of halogens is 1. The zero-order chi connectivity index (χ0) is 16.3. The van der Waals surface area contributed by atoms with E-state index in [0.29, 0.717) is 28.7 Å². The molecule has 0 unspecified atom stereocenters. The Hall–Kier alpha value is -1.93. The number of benzene rings is 1. The molecule has 0 aliphatic carbocycles. The molecule has 0 radical (unpaired) electrons. The van der Waals surface area contributed by atoms with Crippen molar-refractivity contribution in [3.05, 3.63) is 33.9 Å². The van der Waals surface area contributed by atoms with Crippen molar-refractivity contribution in [3.8, 4) is 5.75 Å². The molecular formula is C14H12BrN2O4S-. The van der Waals surface area contributed by atoms with Crippen molar-refractivity contribution in [2.24, 2.45) is 0 Å². The molecule has 1 heterocycles. The van der Waals surface area contributed by atoms with Crippen LogP contribution in [0.2, 0.25) is 0 Å². The number of carboxylic acids is 1. The van der Waals surface area contributed by atoms with Crippen molar-refractivity contribution in [1.82, 2.24) is 10.2 Å². The molecule has 22 heavy (non-hydrogen) atoms. The molecule has 0 saturated carbocycles. The summed E-state index contributed by atoms with van der Waals surface area (Å²) in [6.45, 7) is 1.72. The molecule has 0 atom stereocenters. The Balaban J connectivity index is 2.34. The summed E-state index contributed by atoms with van der Waals surface area (Å²) in [4.78, 5) is 24.1. The molecular weight excluding hydrogens is 372 g/mol. The van der Waals surface area contributed by atoms with Crippen LogP contribution in [0.25, 0.3) is 6.08 Å². The summed E-state index contributed by atoms with van der Waals surface area (Å²) in [6.07, 6.45) is 1.57. The summed E-state index contributed by atoms with van der Waals surface area (Å²) in [7, 11) is 0. The number of carboxylic acid groups (broad SMARTS) is 1. The molecule has 0 aromatic heterocycles. The van der Waals surface area contributed by atoms with Crippen LogP contribution in [0.4, 0.5) is 0 Å². The second-order valence-corrected chi connectivity index (χ2v) is 5.68. The Kier molecular flexibility index (Phi) is 5.15. The lowest BCUT2D eigenvalue weighted by Crippen LogP contribution is -2.30. The van der Waals surface area contributed by atoms with Gasteiger partial charge in [0.1, 0.15) is 18.1 Å². The molecule has 8 heteroatoms. The fraction of sp³-hybridized carbons (Fsp3) is 0.214. The SMILES string of the molecule is CCN1C(=O)C(=Cc2cc(Br)ccc2OCC(=O)[O-])NC1=S. The average molecular weight is 384 g/mol. The van der Waals surface area contributed by atoms with Gasteiger partial charge in [0, 0.05) is 16.6 Å². The van der Waals surface area contributed by atoms with Gasteiger partial charge in [-0.05, 0) is 43.4 Å². The van der Waals surface area contributed by atoms with Crippen LogP contribution in [0.1, 0.15) is 12.5 Å². The number of hydrogen-bond donors (Lipinski definition) is 1.